The quantitative estimate of drug-likeness (QED) is 0.216. The lowest BCUT2D eigenvalue weighted by Gasteiger charge is -2.18. The van der Waals surface area contributed by atoms with E-state index in [-0.39, 0.29) is 16.8 Å². The van der Waals surface area contributed by atoms with E-state index in [0.29, 0.717) is 23.2 Å². The van der Waals surface area contributed by atoms with Gasteiger partial charge in [-0.1, -0.05) is 60.1 Å². The predicted octanol–water partition coefficient (Wildman–Crippen LogP) is 6.93. The van der Waals surface area contributed by atoms with Crippen molar-refractivity contribution in [2.45, 2.75) is 33.4 Å². The minimum absolute atomic E-state index is 0.185. The van der Waals surface area contributed by atoms with Gasteiger partial charge in [0, 0.05) is 11.1 Å². The molecule has 0 spiro atoms. The first kappa shape index (κ1) is 25.5. The van der Waals surface area contributed by atoms with E-state index in [2.05, 4.69) is 4.98 Å². The summed E-state index contributed by atoms with van der Waals surface area (Å²) in [7, 11) is 1.63. The number of nitrogens with zero attached hydrogens (tertiary/aromatic N) is 3. The van der Waals surface area contributed by atoms with Crippen molar-refractivity contribution >= 4 is 22.5 Å². The molecule has 0 aliphatic carbocycles. The molecule has 3 aromatic carbocycles. The summed E-state index contributed by atoms with van der Waals surface area (Å²) in [5.74, 6) is 1.50. The number of rotatable bonds is 7. The zero-order chi connectivity index (χ0) is 26.8. The first-order chi connectivity index (χ1) is 18.4. The van der Waals surface area contributed by atoms with E-state index in [0.717, 1.165) is 39.3 Å². The highest BCUT2D eigenvalue weighted by Crippen LogP contribution is 2.36. The summed E-state index contributed by atoms with van der Waals surface area (Å²) in [6.07, 6.45) is 1.58. The molecule has 5 aromatic rings. The minimum atomic E-state index is -0.237. The molecule has 5 rings (SSSR count). The van der Waals surface area contributed by atoms with Gasteiger partial charge in [-0.05, 0) is 61.7 Å². The summed E-state index contributed by atoms with van der Waals surface area (Å²) < 4.78 is 13.0. The Morgan fingerprint density at radius 2 is 1.74 bits per heavy atom. The highest BCUT2D eigenvalue weighted by atomic mass is 35.5. The molecule has 2 aromatic heterocycles. The Labute approximate surface area is 226 Å². The molecule has 0 fully saturated rings. The van der Waals surface area contributed by atoms with Gasteiger partial charge in [-0.3, -0.25) is 9.36 Å². The van der Waals surface area contributed by atoms with Gasteiger partial charge in [-0.25, -0.2) is 9.97 Å². The van der Waals surface area contributed by atoms with Crippen molar-refractivity contribution in [1.29, 1.82) is 0 Å². The van der Waals surface area contributed by atoms with Crippen LogP contribution in [0.3, 0.4) is 0 Å². The van der Waals surface area contributed by atoms with E-state index in [1.165, 1.54) is 0 Å². The van der Waals surface area contributed by atoms with Crippen molar-refractivity contribution < 1.29 is 9.47 Å². The smallest absolute Gasteiger partial charge is 0.261 e. The van der Waals surface area contributed by atoms with Gasteiger partial charge in [0.1, 0.15) is 28.8 Å². The molecule has 7 heteroatoms. The van der Waals surface area contributed by atoms with Crippen LogP contribution in [-0.2, 0) is 6.61 Å². The molecule has 0 N–H and O–H groups in total. The van der Waals surface area contributed by atoms with Gasteiger partial charge in [0.15, 0.2) is 0 Å². The molecule has 0 saturated heterocycles. The Morgan fingerprint density at radius 1 is 1.00 bits per heavy atom. The third-order valence-corrected chi connectivity index (χ3v) is 7.04. The average Bonchev–Trinajstić information content (AvgIpc) is 2.93. The fourth-order valence-corrected chi connectivity index (χ4v) is 4.88. The maximum Gasteiger partial charge on any atom is 0.261 e. The summed E-state index contributed by atoms with van der Waals surface area (Å²) >= 11 is 6.48. The average molecular weight is 526 g/mol. The number of halogens is 1. The number of fused-ring (bicyclic) bond motifs is 1. The lowest BCUT2D eigenvalue weighted by Crippen LogP contribution is -2.24. The zero-order valence-corrected chi connectivity index (χ0v) is 22.5. The van der Waals surface area contributed by atoms with Gasteiger partial charge in [0.05, 0.1) is 30.6 Å². The van der Waals surface area contributed by atoms with Crippen LogP contribution in [0.2, 0.25) is 5.15 Å². The van der Waals surface area contributed by atoms with E-state index >= 15 is 0 Å². The molecule has 0 amide bonds. The van der Waals surface area contributed by atoms with Crippen LogP contribution in [0, 0.1) is 13.8 Å². The van der Waals surface area contributed by atoms with Crippen molar-refractivity contribution in [2.24, 2.45) is 0 Å². The molecule has 0 aliphatic heterocycles. The normalized spacial score (nSPS) is 11.9. The fraction of sp³-hybridized carbons (Fsp3) is 0.194. The first-order valence-corrected chi connectivity index (χ1v) is 12.7. The van der Waals surface area contributed by atoms with E-state index < -0.39 is 0 Å². The Hall–Kier alpha value is -4.16. The summed E-state index contributed by atoms with van der Waals surface area (Å²) in [5, 5.41) is 0.646. The van der Waals surface area contributed by atoms with Crippen molar-refractivity contribution in [1.82, 2.24) is 14.5 Å². The Bertz CT molecular complexity index is 1670. The molecule has 0 aliphatic rings. The Morgan fingerprint density at radius 3 is 2.45 bits per heavy atom. The summed E-state index contributed by atoms with van der Waals surface area (Å²) in [5.41, 5.74) is 5.68. The minimum Gasteiger partial charge on any atom is -0.497 e. The molecule has 0 bridgehead atoms. The third kappa shape index (κ3) is 4.87. The van der Waals surface area contributed by atoms with Gasteiger partial charge < -0.3 is 9.47 Å². The maximum atomic E-state index is 13.7. The third-order valence-electron chi connectivity index (χ3n) is 6.85. The van der Waals surface area contributed by atoms with Crippen LogP contribution >= 0.6 is 11.6 Å². The van der Waals surface area contributed by atoms with Gasteiger partial charge >= 0.3 is 0 Å². The number of pyridine rings is 1. The van der Waals surface area contributed by atoms with Gasteiger partial charge in [0.2, 0.25) is 0 Å². The molecular weight excluding hydrogens is 498 g/mol. The molecule has 0 radical (unpaired) electrons. The monoisotopic (exact) mass is 525 g/mol. The molecule has 38 heavy (non-hydrogen) atoms. The zero-order valence-electron chi connectivity index (χ0n) is 21.7. The maximum absolute atomic E-state index is 13.7. The number of ether oxygens (including phenoxy) is 2. The second kappa shape index (κ2) is 10.7. The Balaban J connectivity index is 1.58. The standard InChI is InChI=1S/C31H28ClN3O3/c1-19-10-15-26(38-17-22-8-6-5-7-9-22)20(2)28(19)30-29-25(16-27(32)34-30)31(36)35(18-33-29)21(3)23-11-13-24(37-4)14-12-23/h5-16,18,21H,17H2,1-4H3/t21-/m1/s1. The molecule has 0 unspecified atom stereocenters. The number of hydrogen-bond donors (Lipinski definition) is 0. The van der Waals surface area contributed by atoms with Crippen LogP contribution in [0.5, 0.6) is 11.5 Å². The molecule has 1 atom stereocenters. The number of hydrogen-bond acceptors (Lipinski definition) is 5. The van der Waals surface area contributed by atoms with E-state index in [1.807, 2.05) is 87.5 Å². The Kier molecular flexibility index (Phi) is 7.16. The van der Waals surface area contributed by atoms with Gasteiger partial charge in [-0.15, -0.1) is 0 Å². The molecule has 0 saturated carbocycles. The van der Waals surface area contributed by atoms with Crippen LogP contribution in [0.25, 0.3) is 22.2 Å². The topological polar surface area (TPSA) is 66.2 Å². The largest absolute Gasteiger partial charge is 0.497 e. The highest BCUT2D eigenvalue weighted by molar-refractivity contribution is 6.30. The second-order valence-electron chi connectivity index (χ2n) is 9.25. The summed E-state index contributed by atoms with van der Waals surface area (Å²) in [6, 6.07) is 23.0. The van der Waals surface area contributed by atoms with Crippen LogP contribution in [0.1, 0.15) is 35.2 Å². The summed E-state index contributed by atoms with van der Waals surface area (Å²) in [6.45, 7) is 6.40. The lowest BCUT2D eigenvalue weighted by atomic mass is 9.97. The van der Waals surface area contributed by atoms with Crippen molar-refractivity contribution in [3.63, 3.8) is 0 Å². The molecule has 2 heterocycles. The molecule has 6 nitrogen and oxygen atoms in total. The van der Waals surface area contributed by atoms with Crippen molar-refractivity contribution in [2.75, 3.05) is 7.11 Å². The number of benzene rings is 3. The predicted molar refractivity (Wildman–Crippen MR) is 151 cm³/mol. The number of aryl methyl sites for hydroxylation is 1. The van der Waals surface area contributed by atoms with Crippen LogP contribution < -0.4 is 15.0 Å². The van der Waals surface area contributed by atoms with Gasteiger partial charge in [0.25, 0.3) is 5.56 Å². The van der Waals surface area contributed by atoms with E-state index in [1.54, 1.807) is 24.1 Å². The number of aromatic nitrogens is 3. The van der Waals surface area contributed by atoms with E-state index in [4.69, 9.17) is 26.1 Å². The van der Waals surface area contributed by atoms with Crippen molar-refractivity contribution in [3.8, 4) is 22.8 Å². The van der Waals surface area contributed by atoms with Crippen LogP contribution in [0.4, 0.5) is 0 Å². The van der Waals surface area contributed by atoms with Gasteiger partial charge in [-0.2, -0.15) is 0 Å². The van der Waals surface area contributed by atoms with E-state index in [9.17, 15) is 4.79 Å². The second-order valence-corrected chi connectivity index (χ2v) is 9.64. The van der Waals surface area contributed by atoms with Crippen LogP contribution in [-0.4, -0.2) is 21.6 Å². The SMILES string of the molecule is COc1ccc([C@@H](C)n2cnc3c(-c4c(C)ccc(OCc5ccccc5)c4C)nc(Cl)cc3c2=O)cc1. The fourth-order valence-electron chi connectivity index (χ4n) is 4.69. The highest BCUT2D eigenvalue weighted by Gasteiger charge is 2.20. The molecule has 192 valence electrons. The summed E-state index contributed by atoms with van der Waals surface area (Å²) in [4.78, 5) is 23.0. The molecular formula is C31H28ClN3O3. The first-order valence-electron chi connectivity index (χ1n) is 12.4. The lowest BCUT2D eigenvalue weighted by molar-refractivity contribution is 0.304. The van der Waals surface area contributed by atoms with Crippen molar-refractivity contribution in [3.05, 3.63) is 117 Å². The number of methoxy groups -OCH3 is 1. The van der Waals surface area contributed by atoms with Crippen LogP contribution in [0.15, 0.2) is 83.9 Å².